The lowest BCUT2D eigenvalue weighted by Gasteiger charge is -2.12. The molecular formula is C12H15NS2. The van der Waals surface area contributed by atoms with Crippen molar-refractivity contribution in [3.63, 3.8) is 0 Å². The molecule has 0 amide bonds. The number of hydrogen-bond acceptors (Lipinski definition) is 3. The monoisotopic (exact) mass is 237 g/mol. The molecule has 1 nitrogen and oxygen atoms in total. The van der Waals surface area contributed by atoms with E-state index >= 15 is 0 Å². The number of hydrogen-bond donors (Lipinski definition) is 1. The van der Waals surface area contributed by atoms with Gasteiger partial charge in [-0.25, -0.2) is 0 Å². The highest BCUT2D eigenvalue weighted by Gasteiger charge is 2.06. The Morgan fingerprint density at radius 3 is 2.73 bits per heavy atom. The summed E-state index contributed by atoms with van der Waals surface area (Å²) in [6.07, 6.45) is 0. The quantitative estimate of drug-likeness (QED) is 0.848. The zero-order chi connectivity index (χ0) is 10.7. The molecule has 1 N–H and O–H groups in total. The van der Waals surface area contributed by atoms with Crippen LogP contribution >= 0.6 is 22.7 Å². The molecule has 0 fully saturated rings. The van der Waals surface area contributed by atoms with Crippen LogP contribution in [0.15, 0.2) is 27.6 Å². The maximum atomic E-state index is 3.54. The molecule has 2 aromatic rings. The van der Waals surface area contributed by atoms with Crippen molar-refractivity contribution in [2.24, 2.45) is 0 Å². The van der Waals surface area contributed by atoms with Gasteiger partial charge in [-0.3, -0.25) is 0 Å². The van der Waals surface area contributed by atoms with Crippen molar-refractivity contribution < 1.29 is 0 Å². The Balaban J connectivity index is 1.91. The minimum Gasteiger partial charge on any atom is -0.306 e. The van der Waals surface area contributed by atoms with Gasteiger partial charge in [0.15, 0.2) is 0 Å². The van der Waals surface area contributed by atoms with E-state index in [1.54, 1.807) is 22.7 Å². The standard InChI is InChI=1S/C12H15NS2/c1-9-6-15-8-12(9)5-13-10(2)11-3-4-14-7-11/h3-4,6-8,10,13H,5H2,1-2H3. The van der Waals surface area contributed by atoms with E-state index in [9.17, 15) is 0 Å². The normalized spacial score (nSPS) is 12.9. The predicted octanol–water partition coefficient (Wildman–Crippen LogP) is 3.97. The Labute approximate surface area is 98.8 Å². The average Bonchev–Trinajstić information content (AvgIpc) is 2.85. The molecule has 0 aromatic carbocycles. The smallest absolute Gasteiger partial charge is 0.0303 e. The van der Waals surface area contributed by atoms with Crippen molar-refractivity contribution in [2.45, 2.75) is 26.4 Å². The van der Waals surface area contributed by atoms with Crippen LogP contribution in [0.4, 0.5) is 0 Å². The highest BCUT2D eigenvalue weighted by atomic mass is 32.1. The second-order valence-electron chi connectivity index (χ2n) is 3.74. The van der Waals surface area contributed by atoms with E-state index in [0.717, 1.165) is 6.54 Å². The van der Waals surface area contributed by atoms with Crippen LogP contribution in [0.3, 0.4) is 0 Å². The molecule has 2 heterocycles. The van der Waals surface area contributed by atoms with Gasteiger partial charge in [-0.15, -0.1) is 0 Å². The van der Waals surface area contributed by atoms with E-state index in [0.29, 0.717) is 6.04 Å². The first kappa shape index (κ1) is 10.9. The second kappa shape index (κ2) is 4.92. The summed E-state index contributed by atoms with van der Waals surface area (Å²) in [5.74, 6) is 0. The lowest BCUT2D eigenvalue weighted by Crippen LogP contribution is -2.17. The van der Waals surface area contributed by atoms with E-state index in [4.69, 9.17) is 0 Å². The fourth-order valence-corrected chi connectivity index (χ4v) is 3.08. The maximum absolute atomic E-state index is 3.54. The summed E-state index contributed by atoms with van der Waals surface area (Å²) < 4.78 is 0. The van der Waals surface area contributed by atoms with Crippen molar-refractivity contribution in [3.05, 3.63) is 44.3 Å². The van der Waals surface area contributed by atoms with Crippen molar-refractivity contribution >= 4 is 22.7 Å². The van der Waals surface area contributed by atoms with Crippen molar-refractivity contribution in [1.82, 2.24) is 5.32 Å². The molecule has 0 aliphatic carbocycles. The Hall–Kier alpha value is -0.640. The van der Waals surface area contributed by atoms with Crippen molar-refractivity contribution in [1.29, 1.82) is 0 Å². The molecule has 0 aliphatic rings. The van der Waals surface area contributed by atoms with Crippen LogP contribution in [-0.4, -0.2) is 0 Å². The molecule has 0 aliphatic heterocycles. The highest BCUT2D eigenvalue weighted by molar-refractivity contribution is 7.08. The lowest BCUT2D eigenvalue weighted by atomic mass is 10.1. The Morgan fingerprint density at radius 1 is 1.27 bits per heavy atom. The van der Waals surface area contributed by atoms with Gasteiger partial charge < -0.3 is 5.32 Å². The van der Waals surface area contributed by atoms with E-state index in [1.807, 2.05) is 0 Å². The first-order chi connectivity index (χ1) is 7.27. The van der Waals surface area contributed by atoms with Gasteiger partial charge in [-0.1, -0.05) is 0 Å². The van der Waals surface area contributed by atoms with Crippen LogP contribution in [0.1, 0.15) is 29.7 Å². The molecule has 2 rings (SSSR count). The summed E-state index contributed by atoms with van der Waals surface area (Å²) in [6, 6.07) is 2.62. The van der Waals surface area contributed by atoms with Gasteiger partial charge in [-0.2, -0.15) is 22.7 Å². The summed E-state index contributed by atoms with van der Waals surface area (Å²) in [5, 5.41) is 12.3. The summed E-state index contributed by atoms with van der Waals surface area (Å²) in [6.45, 7) is 5.35. The van der Waals surface area contributed by atoms with Crippen molar-refractivity contribution in [2.75, 3.05) is 0 Å². The Bertz CT molecular complexity index is 403. The van der Waals surface area contributed by atoms with Gasteiger partial charge in [0.25, 0.3) is 0 Å². The zero-order valence-corrected chi connectivity index (χ0v) is 10.6. The molecule has 0 saturated heterocycles. The van der Waals surface area contributed by atoms with Crippen molar-refractivity contribution in [3.8, 4) is 0 Å². The average molecular weight is 237 g/mol. The van der Waals surface area contributed by atoms with E-state index in [2.05, 4.69) is 46.8 Å². The molecule has 0 spiro atoms. The van der Waals surface area contributed by atoms with Crippen LogP contribution in [0.2, 0.25) is 0 Å². The third kappa shape index (κ3) is 2.68. The number of thiophene rings is 2. The summed E-state index contributed by atoms with van der Waals surface area (Å²) in [4.78, 5) is 0. The molecule has 1 atom stereocenters. The molecule has 1 unspecified atom stereocenters. The van der Waals surface area contributed by atoms with Gasteiger partial charge in [0, 0.05) is 12.6 Å². The largest absolute Gasteiger partial charge is 0.306 e. The second-order valence-corrected chi connectivity index (χ2v) is 5.26. The number of nitrogens with one attached hydrogen (secondary N) is 1. The molecule has 15 heavy (non-hydrogen) atoms. The van der Waals surface area contributed by atoms with Crippen LogP contribution in [0.5, 0.6) is 0 Å². The lowest BCUT2D eigenvalue weighted by molar-refractivity contribution is 0.576. The van der Waals surface area contributed by atoms with Crippen LogP contribution in [0, 0.1) is 6.92 Å². The number of rotatable bonds is 4. The Kier molecular flexibility index (Phi) is 3.57. The molecule has 0 bridgehead atoms. The van der Waals surface area contributed by atoms with Crippen LogP contribution in [-0.2, 0) is 6.54 Å². The summed E-state index contributed by atoms with van der Waals surface area (Å²) in [5.41, 5.74) is 4.19. The molecule has 80 valence electrons. The summed E-state index contributed by atoms with van der Waals surface area (Å²) >= 11 is 3.53. The molecule has 2 aromatic heterocycles. The molecule has 3 heteroatoms. The van der Waals surface area contributed by atoms with Gasteiger partial charge in [-0.05, 0) is 58.1 Å². The van der Waals surface area contributed by atoms with Crippen LogP contribution < -0.4 is 5.32 Å². The topological polar surface area (TPSA) is 12.0 Å². The fraction of sp³-hybridized carbons (Fsp3) is 0.333. The van der Waals surface area contributed by atoms with Crippen LogP contribution in [0.25, 0.3) is 0 Å². The minimum absolute atomic E-state index is 0.440. The van der Waals surface area contributed by atoms with E-state index < -0.39 is 0 Å². The molecule has 0 radical (unpaired) electrons. The maximum Gasteiger partial charge on any atom is 0.0303 e. The SMILES string of the molecule is Cc1cscc1CNC(C)c1ccsc1. The first-order valence-corrected chi connectivity index (χ1v) is 6.93. The first-order valence-electron chi connectivity index (χ1n) is 5.04. The molecule has 0 saturated carbocycles. The minimum atomic E-state index is 0.440. The summed E-state index contributed by atoms with van der Waals surface area (Å²) in [7, 11) is 0. The van der Waals surface area contributed by atoms with E-state index in [1.165, 1.54) is 16.7 Å². The zero-order valence-electron chi connectivity index (χ0n) is 8.99. The Morgan fingerprint density at radius 2 is 2.13 bits per heavy atom. The number of aryl methyl sites for hydroxylation is 1. The fourth-order valence-electron chi connectivity index (χ4n) is 1.47. The van der Waals surface area contributed by atoms with Gasteiger partial charge in [0.05, 0.1) is 0 Å². The molecular weight excluding hydrogens is 222 g/mol. The third-order valence-corrected chi connectivity index (χ3v) is 4.22. The third-order valence-electron chi connectivity index (χ3n) is 2.60. The highest BCUT2D eigenvalue weighted by Crippen LogP contribution is 2.18. The van der Waals surface area contributed by atoms with Gasteiger partial charge in [0.2, 0.25) is 0 Å². The van der Waals surface area contributed by atoms with E-state index in [-0.39, 0.29) is 0 Å². The predicted molar refractivity (Wildman–Crippen MR) is 68.6 cm³/mol. The van der Waals surface area contributed by atoms with Gasteiger partial charge >= 0.3 is 0 Å². The van der Waals surface area contributed by atoms with Gasteiger partial charge in [0.1, 0.15) is 0 Å².